The summed E-state index contributed by atoms with van der Waals surface area (Å²) in [7, 11) is 3.50. The minimum absolute atomic E-state index is 0.304. The van der Waals surface area contributed by atoms with Crippen molar-refractivity contribution in [2.45, 2.75) is 6.92 Å². The van der Waals surface area contributed by atoms with E-state index in [4.69, 9.17) is 9.47 Å². The lowest BCUT2D eigenvalue weighted by Crippen LogP contribution is -2.12. The van der Waals surface area contributed by atoms with Gasteiger partial charge in [0, 0.05) is 29.8 Å². The lowest BCUT2D eigenvalue weighted by Gasteiger charge is -2.09. The lowest BCUT2D eigenvalue weighted by atomic mass is 10.1. The molecule has 2 aromatic carbocycles. The Hall–Kier alpha value is -3.72. The summed E-state index contributed by atoms with van der Waals surface area (Å²) in [6.07, 6.45) is -0.609. The van der Waals surface area contributed by atoms with E-state index in [0.29, 0.717) is 17.0 Å². The van der Waals surface area contributed by atoms with E-state index in [-0.39, 0.29) is 0 Å². The van der Waals surface area contributed by atoms with Gasteiger partial charge in [-0.05, 0) is 31.2 Å². The van der Waals surface area contributed by atoms with Crippen LogP contribution in [0.2, 0.25) is 0 Å². The van der Waals surface area contributed by atoms with Gasteiger partial charge in [-0.15, -0.1) is 0 Å². The molecule has 1 amide bonds. The molecule has 0 saturated heterocycles. The number of amides is 1. The molecule has 0 spiro atoms. The number of anilines is 1. The number of ether oxygens (including phenoxy) is 2. The first kappa shape index (κ1) is 18.1. The Kier molecular flexibility index (Phi) is 4.86. The maximum absolute atomic E-state index is 11.8. The minimum atomic E-state index is -0.609. The van der Waals surface area contributed by atoms with Crippen molar-refractivity contribution < 1.29 is 14.3 Å². The van der Waals surface area contributed by atoms with Gasteiger partial charge in [0.2, 0.25) is 0 Å². The number of aromatic nitrogens is 1. The Morgan fingerprint density at radius 2 is 2.04 bits per heavy atom. The van der Waals surface area contributed by atoms with Gasteiger partial charge in [-0.2, -0.15) is 5.26 Å². The minimum Gasteiger partial charge on any atom is -0.497 e. The normalized spacial score (nSPS) is 10.3. The second-order valence-electron chi connectivity index (χ2n) is 6.07. The van der Waals surface area contributed by atoms with Gasteiger partial charge in [0.15, 0.2) is 0 Å². The predicted molar refractivity (Wildman–Crippen MR) is 105 cm³/mol. The number of fused-ring (bicyclic) bond motifs is 1. The Labute approximate surface area is 157 Å². The summed E-state index contributed by atoms with van der Waals surface area (Å²) in [5.41, 5.74) is 3.58. The number of hydrogen-bond acceptors (Lipinski definition) is 4. The van der Waals surface area contributed by atoms with E-state index in [1.54, 1.807) is 26.2 Å². The quantitative estimate of drug-likeness (QED) is 0.677. The lowest BCUT2D eigenvalue weighted by molar-refractivity contribution is 0.192. The molecule has 27 heavy (non-hydrogen) atoms. The Balaban J connectivity index is 2.09. The third kappa shape index (κ3) is 3.48. The first-order valence-corrected chi connectivity index (χ1v) is 8.26. The number of nitrogens with one attached hydrogen (secondary N) is 1. The molecule has 0 aliphatic rings. The molecule has 0 saturated carbocycles. The van der Waals surface area contributed by atoms with Crippen LogP contribution < -0.4 is 10.1 Å². The predicted octanol–water partition coefficient (Wildman–Crippen LogP) is 4.81. The average Bonchev–Trinajstić information content (AvgIpc) is 2.92. The summed E-state index contributed by atoms with van der Waals surface area (Å²) in [5.74, 6) is 1.02. The van der Waals surface area contributed by atoms with Gasteiger partial charge in [0.05, 0.1) is 29.6 Å². The molecule has 0 aliphatic heterocycles. The number of methoxy groups -OCH3 is 1. The molecule has 0 bridgehead atoms. The van der Waals surface area contributed by atoms with Crippen molar-refractivity contribution in [2.24, 2.45) is 7.05 Å². The molecular weight excluding hydrogens is 342 g/mol. The van der Waals surface area contributed by atoms with Gasteiger partial charge in [-0.25, -0.2) is 4.79 Å². The van der Waals surface area contributed by atoms with Crippen LogP contribution in [0.3, 0.4) is 0 Å². The Bertz CT molecular complexity index is 1090. The molecule has 1 N–H and O–H groups in total. The third-order valence-corrected chi connectivity index (χ3v) is 4.17. The molecule has 0 aliphatic carbocycles. The molecular formula is C21H19N3O3. The van der Waals surface area contributed by atoms with Crippen molar-refractivity contribution in [1.29, 1.82) is 5.26 Å². The number of carbonyl (C=O) groups excluding carboxylic acids is 1. The molecule has 3 rings (SSSR count). The number of nitrogens with zero attached hydrogens (tertiary/aromatic N) is 2. The number of carbonyl (C=O) groups is 1. The fourth-order valence-electron chi connectivity index (χ4n) is 3.04. The molecule has 0 fully saturated rings. The summed E-state index contributed by atoms with van der Waals surface area (Å²) < 4.78 is 12.2. The number of aryl methyl sites for hydroxylation is 1. The van der Waals surface area contributed by atoms with E-state index >= 15 is 0 Å². The highest BCUT2D eigenvalue weighted by atomic mass is 16.6. The van der Waals surface area contributed by atoms with Crippen LogP contribution in [0.25, 0.3) is 22.2 Å². The number of nitriles is 1. The van der Waals surface area contributed by atoms with Crippen LogP contribution in [0.4, 0.5) is 10.5 Å². The summed E-state index contributed by atoms with van der Waals surface area (Å²) >= 11 is 0. The molecule has 0 atom stereocenters. The molecule has 136 valence electrons. The highest BCUT2D eigenvalue weighted by Crippen LogP contribution is 2.35. The SMILES string of the molecule is C=C(C)OC(=O)Nc1cccc(-c2c(C#N)c3ccc(OC)cc3n2C)c1. The Morgan fingerprint density at radius 1 is 1.26 bits per heavy atom. The van der Waals surface area contributed by atoms with E-state index in [1.807, 2.05) is 41.9 Å². The number of allylic oxidation sites excluding steroid dienone is 1. The van der Waals surface area contributed by atoms with Gasteiger partial charge < -0.3 is 14.0 Å². The van der Waals surface area contributed by atoms with Crippen molar-refractivity contribution in [3.05, 3.63) is 60.4 Å². The zero-order valence-electron chi connectivity index (χ0n) is 15.4. The van der Waals surface area contributed by atoms with E-state index < -0.39 is 6.09 Å². The van der Waals surface area contributed by atoms with E-state index in [9.17, 15) is 10.1 Å². The monoisotopic (exact) mass is 361 g/mol. The molecule has 1 heterocycles. The van der Waals surface area contributed by atoms with Crippen LogP contribution in [0, 0.1) is 11.3 Å². The average molecular weight is 361 g/mol. The van der Waals surface area contributed by atoms with Crippen LogP contribution in [0.1, 0.15) is 12.5 Å². The highest BCUT2D eigenvalue weighted by Gasteiger charge is 2.17. The molecule has 1 aromatic heterocycles. The van der Waals surface area contributed by atoms with Crippen LogP contribution in [0.15, 0.2) is 54.8 Å². The second-order valence-corrected chi connectivity index (χ2v) is 6.07. The van der Waals surface area contributed by atoms with Gasteiger partial charge in [-0.1, -0.05) is 18.7 Å². The van der Waals surface area contributed by atoms with Gasteiger partial charge in [0.25, 0.3) is 0 Å². The zero-order chi connectivity index (χ0) is 19.6. The van der Waals surface area contributed by atoms with Crippen molar-refractivity contribution >= 4 is 22.7 Å². The maximum atomic E-state index is 11.8. The van der Waals surface area contributed by atoms with E-state index in [0.717, 1.165) is 27.9 Å². The van der Waals surface area contributed by atoms with Crippen LogP contribution in [-0.4, -0.2) is 17.8 Å². The largest absolute Gasteiger partial charge is 0.497 e. The molecule has 0 radical (unpaired) electrons. The van der Waals surface area contributed by atoms with E-state index in [1.165, 1.54) is 0 Å². The highest BCUT2D eigenvalue weighted by molar-refractivity contribution is 5.96. The Morgan fingerprint density at radius 3 is 2.70 bits per heavy atom. The molecule has 0 unspecified atom stereocenters. The number of benzene rings is 2. The third-order valence-electron chi connectivity index (χ3n) is 4.17. The van der Waals surface area contributed by atoms with E-state index in [2.05, 4.69) is 18.0 Å². The molecule has 3 aromatic rings. The fourth-order valence-corrected chi connectivity index (χ4v) is 3.04. The topological polar surface area (TPSA) is 76.3 Å². The van der Waals surface area contributed by atoms with Crippen molar-refractivity contribution in [2.75, 3.05) is 12.4 Å². The smallest absolute Gasteiger partial charge is 0.416 e. The van der Waals surface area contributed by atoms with Crippen molar-refractivity contribution in [3.63, 3.8) is 0 Å². The van der Waals surface area contributed by atoms with Crippen LogP contribution in [-0.2, 0) is 11.8 Å². The summed E-state index contributed by atoms with van der Waals surface area (Å²) in [4.78, 5) is 11.8. The fraction of sp³-hybridized carbons (Fsp3) is 0.143. The first-order chi connectivity index (χ1) is 12.9. The van der Waals surface area contributed by atoms with Crippen LogP contribution >= 0.6 is 0 Å². The number of hydrogen-bond donors (Lipinski definition) is 1. The van der Waals surface area contributed by atoms with Crippen LogP contribution in [0.5, 0.6) is 5.75 Å². The van der Waals surface area contributed by atoms with Gasteiger partial charge in [-0.3, -0.25) is 5.32 Å². The molecule has 6 heteroatoms. The second kappa shape index (κ2) is 7.26. The molecule has 6 nitrogen and oxygen atoms in total. The summed E-state index contributed by atoms with van der Waals surface area (Å²) in [6, 6.07) is 15.2. The van der Waals surface area contributed by atoms with Gasteiger partial charge >= 0.3 is 6.09 Å². The first-order valence-electron chi connectivity index (χ1n) is 8.26. The standard InChI is InChI=1S/C21H19N3O3/c1-13(2)27-21(25)23-15-7-5-6-14(10-15)20-18(12-22)17-9-8-16(26-4)11-19(17)24(20)3/h5-11H,1H2,2-4H3,(H,23,25). The van der Waals surface area contributed by atoms with Gasteiger partial charge in [0.1, 0.15) is 11.8 Å². The summed E-state index contributed by atoms with van der Waals surface area (Å²) in [6.45, 7) is 5.14. The zero-order valence-corrected chi connectivity index (χ0v) is 15.4. The van der Waals surface area contributed by atoms with Crippen molar-refractivity contribution in [1.82, 2.24) is 4.57 Å². The van der Waals surface area contributed by atoms with Crippen molar-refractivity contribution in [3.8, 4) is 23.1 Å². The summed E-state index contributed by atoms with van der Waals surface area (Å²) in [5, 5.41) is 13.2. The maximum Gasteiger partial charge on any atom is 0.416 e. The number of rotatable bonds is 4.